The zero-order valence-electron chi connectivity index (χ0n) is 11.6. The van der Waals surface area contributed by atoms with Gasteiger partial charge in [-0.25, -0.2) is 0 Å². The van der Waals surface area contributed by atoms with Crippen LogP contribution in [0.15, 0.2) is 48.5 Å². The third kappa shape index (κ3) is 3.83. The van der Waals surface area contributed by atoms with E-state index in [1.807, 2.05) is 55.5 Å². The molecule has 2 N–H and O–H groups in total. The summed E-state index contributed by atoms with van der Waals surface area (Å²) in [5.41, 5.74) is 1.83. The van der Waals surface area contributed by atoms with Gasteiger partial charge < -0.3 is 15.4 Å². The lowest BCUT2D eigenvalue weighted by Gasteiger charge is -2.12. The van der Waals surface area contributed by atoms with E-state index in [0.717, 1.165) is 5.75 Å². The second-order valence-electron chi connectivity index (χ2n) is 4.49. The quantitative estimate of drug-likeness (QED) is 0.878. The van der Waals surface area contributed by atoms with Crippen LogP contribution in [0.3, 0.4) is 0 Å². The summed E-state index contributed by atoms with van der Waals surface area (Å²) in [5, 5.41) is 5.63. The molecule has 0 unspecified atom stereocenters. The second-order valence-corrected chi connectivity index (χ2v) is 4.49. The van der Waals surface area contributed by atoms with Crippen molar-refractivity contribution in [2.24, 2.45) is 0 Å². The smallest absolute Gasteiger partial charge is 0.238 e. The number of carbonyl (C=O) groups excluding carboxylic acids is 1. The molecule has 0 aliphatic heterocycles. The van der Waals surface area contributed by atoms with E-state index in [2.05, 4.69) is 10.6 Å². The molecule has 0 atom stereocenters. The van der Waals surface area contributed by atoms with Crippen molar-refractivity contribution in [1.29, 1.82) is 0 Å². The van der Waals surface area contributed by atoms with Gasteiger partial charge in [0.2, 0.25) is 5.91 Å². The molecule has 4 heteroatoms. The fourth-order valence-corrected chi connectivity index (χ4v) is 1.75. The summed E-state index contributed by atoms with van der Waals surface area (Å²) >= 11 is 0. The van der Waals surface area contributed by atoms with Crippen molar-refractivity contribution < 1.29 is 9.53 Å². The number of ether oxygens (including phenoxy) is 1. The molecule has 0 fully saturated rings. The van der Waals surface area contributed by atoms with E-state index < -0.39 is 0 Å². The Bertz CT molecular complexity index is 579. The maximum Gasteiger partial charge on any atom is 0.238 e. The number of anilines is 1. The summed E-state index contributed by atoms with van der Waals surface area (Å²) in [6.07, 6.45) is 0. The van der Waals surface area contributed by atoms with Gasteiger partial charge in [0.15, 0.2) is 5.75 Å². The Hall–Kier alpha value is -2.33. The number of nitrogens with one attached hydrogen (secondary N) is 2. The Morgan fingerprint density at radius 2 is 1.80 bits per heavy atom. The molecule has 0 saturated heterocycles. The first-order chi connectivity index (χ1) is 9.69. The van der Waals surface area contributed by atoms with E-state index in [-0.39, 0.29) is 12.5 Å². The fraction of sp³-hybridized carbons (Fsp3) is 0.188. The van der Waals surface area contributed by atoms with Crippen molar-refractivity contribution in [2.45, 2.75) is 6.92 Å². The summed E-state index contributed by atoms with van der Waals surface area (Å²) in [5.74, 6) is 1.26. The lowest BCUT2D eigenvalue weighted by molar-refractivity contribution is -0.115. The molecule has 0 saturated carbocycles. The molecular formula is C16H18N2O2. The number of likely N-dealkylation sites (N-methyl/N-ethyl adjacent to an activating group) is 1. The maximum atomic E-state index is 11.6. The van der Waals surface area contributed by atoms with E-state index >= 15 is 0 Å². The third-order valence-electron chi connectivity index (χ3n) is 2.75. The average molecular weight is 270 g/mol. The van der Waals surface area contributed by atoms with Gasteiger partial charge in [0.25, 0.3) is 0 Å². The Morgan fingerprint density at radius 3 is 2.50 bits per heavy atom. The number of hydrogen-bond donors (Lipinski definition) is 2. The van der Waals surface area contributed by atoms with Crippen LogP contribution in [0, 0.1) is 6.92 Å². The van der Waals surface area contributed by atoms with Gasteiger partial charge in [0, 0.05) is 0 Å². The molecule has 2 aromatic rings. The summed E-state index contributed by atoms with van der Waals surface area (Å²) < 4.78 is 5.81. The molecule has 0 bridgehead atoms. The fourth-order valence-electron chi connectivity index (χ4n) is 1.75. The first kappa shape index (κ1) is 14.1. The normalized spacial score (nSPS) is 10.1. The Morgan fingerprint density at radius 1 is 1.10 bits per heavy atom. The Kier molecular flexibility index (Phi) is 4.74. The monoisotopic (exact) mass is 270 g/mol. The van der Waals surface area contributed by atoms with Crippen LogP contribution in [0.5, 0.6) is 11.5 Å². The highest BCUT2D eigenvalue weighted by atomic mass is 16.5. The number of benzene rings is 2. The first-order valence-corrected chi connectivity index (χ1v) is 6.47. The molecule has 0 heterocycles. The zero-order chi connectivity index (χ0) is 14.4. The van der Waals surface area contributed by atoms with Crippen molar-refractivity contribution in [3.8, 4) is 11.5 Å². The topological polar surface area (TPSA) is 50.4 Å². The van der Waals surface area contributed by atoms with Gasteiger partial charge in [-0.3, -0.25) is 4.79 Å². The van der Waals surface area contributed by atoms with Crippen molar-refractivity contribution in [3.63, 3.8) is 0 Å². The molecule has 4 nitrogen and oxygen atoms in total. The number of rotatable bonds is 5. The third-order valence-corrected chi connectivity index (χ3v) is 2.75. The predicted molar refractivity (Wildman–Crippen MR) is 80.3 cm³/mol. The summed E-state index contributed by atoms with van der Waals surface area (Å²) in [4.78, 5) is 11.6. The second kappa shape index (κ2) is 6.73. The highest BCUT2D eigenvalue weighted by Crippen LogP contribution is 2.29. The predicted octanol–water partition coefficient (Wildman–Crippen LogP) is 2.95. The molecule has 0 radical (unpaired) electrons. The minimum Gasteiger partial charge on any atom is -0.455 e. The lowest BCUT2D eigenvalue weighted by Crippen LogP contribution is -2.25. The van der Waals surface area contributed by atoms with E-state index in [9.17, 15) is 4.79 Å². The first-order valence-electron chi connectivity index (χ1n) is 6.47. The van der Waals surface area contributed by atoms with Crippen molar-refractivity contribution in [2.75, 3.05) is 18.9 Å². The van der Waals surface area contributed by atoms with Crippen LogP contribution in [0.2, 0.25) is 0 Å². The molecule has 0 aliphatic rings. The van der Waals surface area contributed by atoms with Crippen LogP contribution < -0.4 is 15.4 Å². The number of aryl methyl sites for hydroxylation is 1. The molecule has 0 aromatic heterocycles. The Labute approximate surface area is 118 Å². The summed E-state index contributed by atoms with van der Waals surface area (Å²) in [7, 11) is 1.73. The van der Waals surface area contributed by atoms with E-state index in [1.165, 1.54) is 5.56 Å². The molecule has 2 rings (SSSR count). The van der Waals surface area contributed by atoms with Gasteiger partial charge in [-0.1, -0.05) is 29.8 Å². The highest BCUT2D eigenvalue weighted by molar-refractivity contribution is 5.93. The molecule has 0 aliphatic carbocycles. The molecule has 2 aromatic carbocycles. The SMILES string of the molecule is CNCC(=O)Nc1ccccc1Oc1ccc(C)cc1. The molecular weight excluding hydrogens is 252 g/mol. The van der Waals surface area contributed by atoms with Crippen LogP contribution in [0.4, 0.5) is 5.69 Å². The van der Waals surface area contributed by atoms with Crippen molar-refractivity contribution >= 4 is 11.6 Å². The highest BCUT2D eigenvalue weighted by Gasteiger charge is 2.07. The lowest BCUT2D eigenvalue weighted by atomic mass is 10.2. The van der Waals surface area contributed by atoms with Gasteiger partial charge in [0.05, 0.1) is 12.2 Å². The van der Waals surface area contributed by atoms with Gasteiger partial charge in [0.1, 0.15) is 5.75 Å². The standard InChI is InChI=1S/C16H18N2O2/c1-12-7-9-13(10-8-12)20-15-6-4-3-5-14(15)18-16(19)11-17-2/h3-10,17H,11H2,1-2H3,(H,18,19). The number of carbonyl (C=O) groups is 1. The van der Waals surface area contributed by atoms with Crippen LogP contribution in [0.25, 0.3) is 0 Å². The molecule has 104 valence electrons. The van der Waals surface area contributed by atoms with Gasteiger partial charge in [-0.2, -0.15) is 0 Å². The minimum atomic E-state index is -0.104. The number of para-hydroxylation sites is 2. The van der Waals surface area contributed by atoms with Crippen LogP contribution >= 0.6 is 0 Å². The maximum absolute atomic E-state index is 11.6. The van der Waals surface area contributed by atoms with Gasteiger partial charge in [-0.05, 0) is 38.2 Å². The molecule has 20 heavy (non-hydrogen) atoms. The minimum absolute atomic E-state index is 0.104. The van der Waals surface area contributed by atoms with E-state index in [1.54, 1.807) is 7.05 Å². The zero-order valence-corrected chi connectivity index (χ0v) is 11.6. The summed E-state index contributed by atoms with van der Waals surface area (Å²) in [6, 6.07) is 15.2. The van der Waals surface area contributed by atoms with Crippen LogP contribution in [-0.4, -0.2) is 19.5 Å². The largest absolute Gasteiger partial charge is 0.455 e. The van der Waals surface area contributed by atoms with Crippen molar-refractivity contribution in [3.05, 3.63) is 54.1 Å². The average Bonchev–Trinajstić information content (AvgIpc) is 2.44. The Balaban J connectivity index is 2.15. The number of hydrogen-bond acceptors (Lipinski definition) is 3. The van der Waals surface area contributed by atoms with Gasteiger partial charge >= 0.3 is 0 Å². The molecule has 0 spiro atoms. The van der Waals surface area contributed by atoms with Gasteiger partial charge in [-0.15, -0.1) is 0 Å². The molecule has 1 amide bonds. The van der Waals surface area contributed by atoms with Crippen LogP contribution in [-0.2, 0) is 4.79 Å². The van der Waals surface area contributed by atoms with Crippen molar-refractivity contribution in [1.82, 2.24) is 5.32 Å². The van der Waals surface area contributed by atoms with Crippen LogP contribution in [0.1, 0.15) is 5.56 Å². The summed E-state index contributed by atoms with van der Waals surface area (Å²) in [6.45, 7) is 2.29. The van der Waals surface area contributed by atoms with E-state index in [4.69, 9.17) is 4.74 Å². The number of amides is 1. The van der Waals surface area contributed by atoms with E-state index in [0.29, 0.717) is 11.4 Å².